The van der Waals surface area contributed by atoms with E-state index < -0.39 is 36.4 Å². The molecule has 1 aromatic rings. The number of rotatable bonds is 6. The molecule has 1 aromatic carbocycles. The second kappa shape index (κ2) is 6.56. The van der Waals surface area contributed by atoms with Crippen molar-refractivity contribution in [1.82, 2.24) is 4.13 Å². The Morgan fingerprint density at radius 1 is 1.00 bits per heavy atom. The van der Waals surface area contributed by atoms with Crippen molar-refractivity contribution in [3.8, 4) is 0 Å². The lowest BCUT2D eigenvalue weighted by Gasteiger charge is -2.19. The molecule has 138 valence electrons. The second-order valence-corrected chi connectivity index (χ2v) is 8.65. The van der Waals surface area contributed by atoms with E-state index in [0.717, 1.165) is 18.6 Å². The second-order valence-electron chi connectivity index (χ2n) is 4.98. The minimum absolute atomic E-state index is 0.0491. The van der Waals surface area contributed by atoms with Crippen molar-refractivity contribution in [2.45, 2.75) is 42.5 Å². The molecule has 0 radical (unpaired) electrons. The molecule has 1 rings (SSSR count). The lowest BCUT2D eigenvalue weighted by molar-refractivity contribution is -0.241. The highest BCUT2D eigenvalue weighted by Crippen LogP contribution is 2.39. The summed E-state index contributed by atoms with van der Waals surface area (Å²) in [4.78, 5) is -0.754. The topological polar surface area (TPSA) is 80.3 Å². The fraction of sp³-hybridized carbons (Fsp3) is 0.500. The molecule has 5 nitrogen and oxygen atoms in total. The molecule has 0 fully saturated rings. The van der Waals surface area contributed by atoms with Crippen LogP contribution in [0.15, 0.2) is 29.2 Å². The maximum atomic E-state index is 12.9. The fourth-order valence-electron chi connectivity index (χ4n) is 1.61. The Balaban J connectivity index is 3.19. The molecule has 0 saturated heterocycles. The van der Waals surface area contributed by atoms with Gasteiger partial charge in [0.25, 0.3) is 10.0 Å². The zero-order chi connectivity index (χ0) is 19.0. The average Bonchev–Trinajstić information content (AvgIpc) is 2.44. The normalized spacial score (nSPS) is 15.3. The summed E-state index contributed by atoms with van der Waals surface area (Å²) in [5.41, 5.74) is 0.694. The van der Waals surface area contributed by atoms with Gasteiger partial charge in [0.1, 0.15) is 0 Å². The van der Waals surface area contributed by atoms with Gasteiger partial charge >= 0.3 is 21.5 Å². The van der Waals surface area contributed by atoms with Gasteiger partial charge < -0.3 is 0 Å². The van der Waals surface area contributed by atoms with Gasteiger partial charge in [-0.15, -0.1) is 0 Å². The summed E-state index contributed by atoms with van der Waals surface area (Å²) in [5.74, 6) is 0.0491. The van der Waals surface area contributed by atoms with Crippen molar-refractivity contribution >= 4 is 20.0 Å². The molecule has 0 aliphatic rings. The van der Waals surface area contributed by atoms with Crippen LogP contribution in [0.25, 0.3) is 0 Å². The summed E-state index contributed by atoms with van der Waals surface area (Å²) in [6, 6.07) is 4.48. The predicted octanol–water partition coefficient (Wildman–Crippen LogP) is 2.96. The van der Waals surface area contributed by atoms with Gasteiger partial charge in [-0.25, -0.2) is 16.8 Å². The molecule has 0 bridgehead atoms. The summed E-state index contributed by atoms with van der Waals surface area (Å²) < 4.78 is 109. The van der Waals surface area contributed by atoms with E-state index in [0.29, 0.717) is 9.69 Å². The molecule has 0 saturated carbocycles. The van der Waals surface area contributed by atoms with Crippen LogP contribution in [0.4, 0.5) is 22.0 Å². The maximum absolute atomic E-state index is 12.9. The fourth-order valence-corrected chi connectivity index (χ4v) is 4.37. The standard InChI is InChI=1S/C12H14F5NO4S2/c1-3-8(2)9-4-6-10(7-5-9)23(19,20)18-24(21,22)12(16,17)11(13,14)15/h4-8,18H,3H2,1-2H3. The van der Waals surface area contributed by atoms with Gasteiger partial charge in [-0.2, -0.15) is 22.0 Å². The predicted molar refractivity (Wildman–Crippen MR) is 75.4 cm³/mol. The molecule has 0 aliphatic carbocycles. The Bertz CT molecular complexity index is 786. The molecule has 1 N–H and O–H groups in total. The van der Waals surface area contributed by atoms with Crippen LogP contribution >= 0.6 is 0 Å². The van der Waals surface area contributed by atoms with E-state index >= 15 is 0 Å². The summed E-state index contributed by atoms with van der Waals surface area (Å²) >= 11 is 0. The Morgan fingerprint density at radius 2 is 1.46 bits per heavy atom. The molecule has 12 heteroatoms. The molecule has 1 unspecified atom stereocenters. The highest BCUT2D eigenvalue weighted by molar-refractivity contribution is 8.05. The van der Waals surface area contributed by atoms with E-state index in [9.17, 15) is 38.8 Å². The van der Waals surface area contributed by atoms with Crippen LogP contribution < -0.4 is 4.13 Å². The van der Waals surface area contributed by atoms with Crippen LogP contribution in [-0.2, 0) is 20.0 Å². The minimum atomic E-state index is -6.55. The van der Waals surface area contributed by atoms with E-state index in [1.165, 1.54) is 12.1 Å². The highest BCUT2D eigenvalue weighted by atomic mass is 32.3. The summed E-state index contributed by atoms with van der Waals surface area (Å²) in [7, 11) is -11.7. The van der Waals surface area contributed by atoms with Crippen molar-refractivity contribution < 1.29 is 38.8 Å². The van der Waals surface area contributed by atoms with E-state index in [1.54, 1.807) is 0 Å². The highest BCUT2D eigenvalue weighted by Gasteiger charge is 2.68. The largest absolute Gasteiger partial charge is 0.471 e. The Hall–Kier alpha value is -1.27. The van der Waals surface area contributed by atoms with Crippen LogP contribution in [0, 0.1) is 0 Å². The van der Waals surface area contributed by atoms with E-state index in [4.69, 9.17) is 0 Å². The number of halogens is 5. The van der Waals surface area contributed by atoms with Gasteiger partial charge in [-0.05, 0) is 30.0 Å². The van der Waals surface area contributed by atoms with Crippen molar-refractivity contribution in [3.63, 3.8) is 0 Å². The summed E-state index contributed by atoms with van der Waals surface area (Å²) in [6.45, 7) is 3.69. The molecule has 0 aliphatic heterocycles. The molecular weight excluding hydrogens is 381 g/mol. The number of nitrogens with one attached hydrogen (secondary N) is 1. The zero-order valence-corrected chi connectivity index (χ0v) is 14.1. The van der Waals surface area contributed by atoms with Crippen molar-refractivity contribution in [2.75, 3.05) is 0 Å². The van der Waals surface area contributed by atoms with E-state index in [1.807, 2.05) is 13.8 Å². The number of sulfonamides is 2. The molecule has 0 amide bonds. The van der Waals surface area contributed by atoms with Crippen molar-refractivity contribution in [3.05, 3.63) is 29.8 Å². The van der Waals surface area contributed by atoms with Gasteiger partial charge in [0.15, 0.2) is 0 Å². The first-order valence-electron chi connectivity index (χ1n) is 6.48. The van der Waals surface area contributed by atoms with Gasteiger partial charge in [-0.3, -0.25) is 0 Å². The van der Waals surface area contributed by atoms with Crippen LogP contribution in [0.3, 0.4) is 0 Å². The van der Waals surface area contributed by atoms with Gasteiger partial charge in [0.05, 0.1) is 4.90 Å². The average molecular weight is 395 g/mol. The SMILES string of the molecule is CCC(C)c1ccc(S(=O)(=O)NS(=O)(=O)C(F)(F)C(F)(F)F)cc1. The Labute approximate surface area is 136 Å². The van der Waals surface area contributed by atoms with Crippen LogP contribution in [0.5, 0.6) is 0 Å². The quantitative estimate of drug-likeness (QED) is 0.751. The molecule has 0 spiro atoms. The number of benzene rings is 1. The van der Waals surface area contributed by atoms with Gasteiger partial charge in [-0.1, -0.05) is 30.1 Å². The van der Waals surface area contributed by atoms with E-state index in [-0.39, 0.29) is 5.92 Å². The Morgan fingerprint density at radius 3 is 1.83 bits per heavy atom. The number of hydrogen-bond acceptors (Lipinski definition) is 4. The van der Waals surface area contributed by atoms with Crippen LogP contribution in [0.1, 0.15) is 31.7 Å². The third kappa shape index (κ3) is 4.03. The summed E-state index contributed by atoms with van der Waals surface area (Å²) in [5, 5.41) is -6.26. The van der Waals surface area contributed by atoms with Gasteiger partial charge in [0.2, 0.25) is 0 Å². The summed E-state index contributed by atoms with van der Waals surface area (Å²) in [6.07, 6.45) is -5.74. The van der Waals surface area contributed by atoms with Gasteiger partial charge in [0, 0.05) is 0 Å². The third-order valence-corrected chi connectivity index (χ3v) is 6.81. The first-order chi connectivity index (χ1) is 10.7. The third-order valence-electron chi connectivity index (χ3n) is 3.26. The smallest absolute Gasteiger partial charge is 0.206 e. The monoisotopic (exact) mass is 395 g/mol. The number of hydrogen-bond donors (Lipinski definition) is 1. The lowest BCUT2D eigenvalue weighted by atomic mass is 9.99. The Kier molecular flexibility index (Phi) is 5.68. The maximum Gasteiger partial charge on any atom is 0.471 e. The van der Waals surface area contributed by atoms with E-state index in [2.05, 4.69) is 0 Å². The first kappa shape index (κ1) is 20.8. The molecular formula is C12H14F5NO4S2. The first-order valence-corrected chi connectivity index (χ1v) is 9.45. The van der Waals surface area contributed by atoms with Crippen LogP contribution in [0.2, 0.25) is 0 Å². The van der Waals surface area contributed by atoms with Crippen LogP contribution in [-0.4, -0.2) is 28.3 Å². The molecule has 0 aromatic heterocycles. The molecule has 24 heavy (non-hydrogen) atoms. The minimum Gasteiger partial charge on any atom is -0.206 e. The van der Waals surface area contributed by atoms with Crippen molar-refractivity contribution in [2.24, 2.45) is 0 Å². The molecule has 1 atom stereocenters. The van der Waals surface area contributed by atoms with Crippen molar-refractivity contribution in [1.29, 1.82) is 0 Å². The lowest BCUT2D eigenvalue weighted by Crippen LogP contribution is -2.51. The zero-order valence-electron chi connectivity index (χ0n) is 12.4. The molecule has 0 heterocycles. The number of alkyl halides is 5.